The van der Waals surface area contributed by atoms with Gasteiger partial charge < -0.3 is 9.47 Å². The van der Waals surface area contributed by atoms with E-state index in [1.165, 1.54) is 0 Å². The van der Waals surface area contributed by atoms with E-state index >= 15 is 0 Å². The molecule has 128 valence electrons. The number of ether oxygens (including phenoxy) is 2. The predicted molar refractivity (Wildman–Crippen MR) is 96.6 cm³/mol. The highest BCUT2D eigenvalue weighted by atomic mass is 32.1. The minimum atomic E-state index is -0.424. The Labute approximate surface area is 149 Å². The summed E-state index contributed by atoms with van der Waals surface area (Å²) in [5, 5.41) is 1.79. The van der Waals surface area contributed by atoms with Crippen molar-refractivity contribution in [1.29, 1.82) is 0 Å². The van der Waals surface area contributed by atoms with Gasteiger partial charge >= 0.3 is 10.8 Å². The second kappa shape index (κ2) is 7.81. The van der Waals surface area contributed by atoms with E-state index in [0.717, 1.165) is 22.8 Å². The third-order valence-corrected chi connectivity index (χ3v) is 4.47. The highest BCUT2D eigenvalue weighted by molar-refractivity contribution is 7.07. The van der Waals surface area contributed by atoms with Crippen LogP contribution in [-0.4, -0.2) is 17.1 Å². The molecule has 5 nitrogen and oxygen atoms in total. The van der Waals surface area contributed by atoms with Crippen LogP contribution in [0.1, 0.15) is 16.1 Å². The van der Waals surface area contributed by atoms with E-state index in [4.69, 9.17) is 9.47 Å². The van der Waals surface area contributed by atoms with Crippen LogP contribution in [0.25, 0.3) is 0 Å². The maximum Gasteiger partial charge on any atom is 0.338 e. The lowest BCUT2D eigenvalue weighted by Gasteiger charge is -2.08. The van der Waals surface area contributed by atoms with Crippen LogP contribution in [-0.2, 0) is 11.3 Å². The molecule has 0 aliphatic rings. The monoisotopic (exact) mass is 355 g/mol. The third-order valence-electron chi connectivity index (χ3n) is 3.59. The number of hydrogen-bond donors (Lipinski definition) is 0. The van der Waals surface area contributed by atoms with E-state index in [1.807, 2.05) is 37.3 Å². The molecule has 0 unspecified atom stereocenters. The van der Waals surface area contributed by atoms with Gasteiger partial charge in [0.05, 0.1) is 12.1 Å². The first kappa shape index (κ1) is 17.0. The number of rotatable bonds is 6. The van der Waals surface area contributed by atoms with Gasteiger partial charge in [0.25, 0.3) is 0 Å². The quantitative estimate of drug-likeness (QED) is 0.630. The largest absolute Gasteiger partial charge is 0.460 e. The van der Waals surface area contributed by atoms with Crippen LogP contribution < -0.4 is 9.61 Å². The van der Waals surface area contributed by atoms with Crippen molar-refractivity contribution in [3.63, 3.8) is 0 Å². The molecule has 0 bridgehead atoms. The number of benzene rings is 2. The van der Waals surface area contributed by atoms with Crippen LogP contribution in [0, 0.1) is 6.92 Å². The number of esters is 1. The van der Waals surface area contributed by atoms with E-state index in [0.29, 0.717) is 17.9 Å². The Morgan fingerprint density at radius 2 is 1.72 bits per heavy atom. The van der Waals surface area contributed by atoms with Gasteiger partial charge in [-0.05, 0) is 43.3 Å². The maximum atomic E-state index is 12.1. The van der Waals surface area contributed by atoms with Crippen LogP contribution >= 0.6 is 11.3 Å². The Balaban J connectivity index is 1.55. The summed E-state index contributed by atoms with van der Waals surface area (Å²) in [6, 6.07) is 16.2. The minimum absolute atomic E-state index is 0.0454. The zero-order chi connectivity index (χ0) is 17.6. The molecule has 0 saturated carbocycles. The molecule has 2 aromatic carbocycles. The maximum absolute atomic E-state index is 12.1. The van der Waals surface area contributed by atoms with Crippen molar-refractivity contribution in [3.8, 4) is 11.5 Å². The van der Waals surface area contributed by atoms with Crippen LogP contribution in [0.15, 0.2) is 64.8 Å². The normalized spacial score (nSPS) is 10.4. The van der Waals surface area contributed by atoms with E-state index in [1.54, 1.807) is 34.2 Å². The van der Waals surface area contributed by atoms with E-state index in [-0.39, 0.29) is 11.5 Å². The number of aromatic nitrogens is 1. The summed E-state index contributed by atoms with van der Waals surface area (Å²) in [4.78, 5) is 23.6. The van der Waals surface area contributed by atoms with Crippen molar-refractivity contribution in [3.05, 3.63) is 80.9 Å². The Morgan fingerprint density at radius 1 is 1.04 bits per heavy atom. The number of para-hydroxylation sites is 1. The summed E-state index contributed by atoms with van der Waals surface area (Å²) in [7, 11) is 0. The number of aryl methyl sites for hydroxylation is 1. The Bertz CT molecular complexity index is 897. The fraction of sp³-hybridized carbons (Fsp3) is 0.158. The smallest absolute Gasteiger partial charge is 0.338 e. The van der Waals surface area contributed by atoms with Crippen LogP contribution in [0.5, 0.6) is 11.5 Å². The number of carbonyl (C=O) groups is 1. The highest BCUT2D eigenvalue weighted by Gasteiger charge is 2.09. The Hall–Kier alpha value is -2.86. The molecule has 6 heteroatoms. The molecule has 3 rings (SSSR count). The SMILES string of the molecule is Cc1csc(=O)n1CCOC(=O)c1ccc(Oc2ccccc2)cc1. The second-order valence-electron chi connectivity index (χ2n) is 5.37. The van der Waals surface area contributed by atoms with Crippen LogP contribution in [0.3, 0.4) is 0 Å². The molecule has 0 spiro atoms. The standard InChI is InChI=1S/C19H17NO4S/c1-14-13-25-19(22)20(14)11-12-23-18(21)15-7-9-17(10-8-15)24-16-5-3-2-4-6-16/h2-10,13H,11-12H2,1H3. The Morgan fingerprint density at radius 3 is 2.36 bits per heavy atom. The van der Waals surface area contributed by atoms with Crippen molar-refractivity contribution in [1.82, 2.24) is 4.57 Å². The molecule has 0 aliphatic carbocycles. The second-order valence-corrected chi connectivity index (χ2v) is 6.19. The van der Waals surface area contributed by atoms with Gasteiger partial charge in [-0.25, -0.2) is 4.79 Å². The van der Waals surface area contributed by atoms with Crippen molar-refractivity contribution < 1.29 is 14.3 Å². The molecule has 0 amide bonds. The molecule has 0 atom stereocenters. The first-order valence-corrected chi connectivity index (χ1v) is 8.66. The van der Waals surface area contributed by atoms with Crippen molar-refractivity contribution in [2.75, 3.05) is 6.61 Å². The van der Waals surface area contributed by atoms with Gasteiger partial charge in [-0.3, -0.25) is 9.36 Å². The summed E-state index contributed by atoms with van der Waals surface area (Å²) in [6.07, 6.45) is 0. The topological polar surface area (TPSA) is 57.5 Å². The van der Waals surface area contributed by atoms with Crippen LogP contribution in [0.2, 0.25) is 0 Å². The fourth-order valence-corrected chi connectivity index (χ4v) is 3.03. The van der Waals surface area contributed by atoms with E-state index in [9.17, 15) is 9.59 Å². The molecule has 0 saturated heterocycles. The van der Waals surface area contributed by atoms with Gasteiger partial charge in [0.1, 0.15) is 18.1 Å². The predicted octanol–water partition coefficient (Wildman–Crippen LogP) is 3.87. The zero-order valence-corrected chi connectivity index (χ0v) is 14.5. The Kier molecular flexibility index (Phi) is 5.30. The zero-order valence-electron chi connectivity index (χ0n) is 13.7. The van der Waals surface area contributed by atoms with E-state index in [2.05, 4.69) is 0 Å². The van der Waals surface area contributed by atoms with Crippen molar-refractivity contribution >= 4 is 17.3 Å². The fourth-order valence-electron chi connectivity index (χ4n) is 2.27. The van der Waals surface area contributed by atoms with Crippen molar-refractivity contribution in [2.45, 2.75) is 13.5 Å². The van der Waals surface area contributed by atoms with Gasteiger partial charge in [0.2, 0.25) is 0 Å². The molecule has 1 aromatic heterocycles. The van der Waals surface area contributed by atoms with Gasteiger partial charge in [0.15, 0.2) is 0 Å². The first-order valence-electron chi connectivity index (χ1n) is 7.78. The third kappa shape index (κ3) is 4.36. The lowest BCUT2D eigenvalue weighted by Crippen LogP contribution is -2.19. The molecule has 0 aliphatic heterocycles. The molecule has 0 N–H and O–H groups in total. The summed E-state index contributed by atoms with van der Waals surface area (Å²) in [6.45, 7) is 2.36. The minimum Gasteiger partial charge on any atom is -0.460 e. The number of hydrogen-bond acceptors (Lipinski definition) is 5. The lowest BCUT2D eigenvalue weighted by atomic mass is 10.2. The molecular weight excluding hydrogens is 338 g/mol. The number of nitrogens with zero attached hydrogens (tertiary/aromatic N) is 1. The molecule has 0 radical (unpaired) electrons. The van der Waals surface area contributed by atoms with Crippen molar-refractivity contribution in [2.24, 2.45) is 0 Å². The van der Waals surface area contributed by atoms with Gasteiger partial charge in [0, 0.05) is 11.1 Å². The molecule has 1 heterocycles. The number of thiazole rings is 1. The molecule has 25 heavy (non-hydrogen) atoms. The summed E-state index contributed by atoms with van der Waals surface area (Å²) in [5.74, 6) is 0.949. The van der Waals surface area contributed by atoms with E-state index < -0.39 is 5.97 Å². The molecular formula is C19H17NO4S. The highest BCUT2D eigenvalue weighted by Crippen LogP contribution is 2.21. The lowest BCUT2D eigenvalue weighted by molar-refractivity contribution is 0.0490. The van der Waals surface area contributed by atoms with Gasteiger partial charge in [-0.2, -0.15) is 0 Å². The number of carbonyl (C=O) groups excluding carboxylic acids is 1. The average Bonchev–Trinajstić information content (AvgIpc) is 2.95. The average molecular weight is 355 g/mol. The summed E-state index contributed by atoms with van der Waals surface area (Å²) < 4.78 is 12.5. The summed E-state index contributed by atoms with van der Waals surface area (Å²) >= 11 is 1.14. The first-order chi connectivity index (χ1) is 12.1. The van der Waals surface area contributed by atoms with Gasteiger partial charge in [-0.1, -0.05) is 29.5 Å². The van der Waals surface area contributed by atoms with Crippen LogP contribution in [0.4, 0.5) is 0 Å². The van der Waals surface area contributed by atoms with Gasteiger partial charge in [-0.15, -0.1) is 0 Å². The summed E-state index contributed by atoms with van der Waals surface area (Å²) in [5.41, 5.74) is 1.31. The molecule has 0 fully saturated rings. The molecule has 3 aromatic rings.